The normalized spacial score (nSPS) is 19.1. The average molecular weight is 441 g/mol. The molecule has 0 radical (unpaired) electrons. The third-order valence-electron chi connectivity index (χ3n) is 6.62. The van der Waals surface area contributed by atoms with Crippen LogP contribution >= 0.6 is 11.3 Å². The number of hydrogen-bond donors (Lipinski definition) is 1. The fourth-order valence-electron chi connectivity index (χ4n) is 4.56. The highest BCUT2D eigenvalue weighted by Gasteiger charge is 2.35. The minimum atomic E-state index is -0.153. The molecule has 2 aliphatic rings. The molecule has 0 saturated carbocycles. The van der Waals surface area contributed by atoms with Crippen LogP contribution in [0, 0.1) is 18.3 Å². The lowest BCUT2D eigenvalue weighted by Gasteiger charge is -2.34. The molecular formula is C25H32N2O3S. The average Bonchev–Trinajstić information content (AvgIpc) is 3.10. The van der Waals surface area contributed by atoms with Crippen molar-refractivity contribution in [2.24, 2.45) is 11.3 Å². The predicted molar refractivity (Wildman–Crippen MR) is 125 cm³/mol. The molecule has 31 heavy (non-hydrogen) atoms. The predicted octanol–water partition coefficient (Wildman–Crippen LogP) is 4.93. The minimum absolute atomic E-state index is 0.0232. The fourth-order valence-corrected chi connectivity index (χ4v) is 5.88. The van der Waals surface area contributed by atoms with Gasteiger partial charge in [0.1, 0.15) is 5.00 Å². The molecule has 1 aliphatic carbocycles. The molecule has 5 nitrogen and oxygen atoms in total. The van der Waals surface area contributed by atoms with E-state index >= 15 is 0 Å². The molecule has 1 aliphatic heterocycles. The molecular weight excluding hydrogens is 408 g/mol. The molecule has 1 aromatic heterocycles. The first-order chi connectivity index (χ1) is 14.8. The van der Waals surface area contributed by atoms with Gasteiger partial charge < -0.3 is 15.0 Å². The fraction of sp³-hybridized carbons (Fsp3) is 0.520. The summed E-state index contributed by atoms with van der Waals surface area (Å²) in [4.78, 5) is 29.7. The molecule has 1 N–H and O–H groups in total. The summed E-state index contributed by atoms with van der Waals surface area (Å²) in [5, 5.41) is 3.80. The van der Waals surface area contributed by atoms with Crippen molar-refractivity contribution in [2.75, 3.05) is 31.6 Å². The molecule has 1 fully saturated rings. The van der Waals surface area contributed by atoms with Gasteiger partial charge in [-0.2, -0.15) is 0 Å². The maximum Gasteiger partial charge on any atom is 0.257 e. The van der Waals surface area contributed by atoms with Crippen molar-refractivity contribution >= 4 is 28.2 Å². The summed E-state index contributed by atoms with van der Waals surface area (Å²) in [6.45, 7) is 11.1. The number of aryl methyl sites for hydroxylation is 1. The summed E-state index contributed by atoms with van der Waals surface area (Å²) in [6, 6.07) is 7.56. The van der Waals surface area contributed by atoms with Crippen molar-refractivity contribution in [3.63, 3.8) is 0 Å². The summed E-state index contributed by atoms with van der Waals surface area (Å²) >= 11 is 1.59. The number of benzene rings is 1. The molecule has 2 aromatic rings. The number of thiophene rings is 1. The highest BCUT2D eigenvalue weighted by atomic mass is 32.1. The van der Waals surface area contributed by atoms with Crippen LogP contribution in [0.1, 0.15) is 63.9 Å². The Hall–Kier alpha value is -2.18. The first-order valence-electron chi connectivity index (χ1n) is 11.1. The van der Waals surface area contributed by atoms with Crippen molar-refractivity contribution in [3.8, 4) is 0 Å². The molecule has 4 rings (SSSR count). The van der Waals surface area contributed by atoms with Gasteiger partial charge in [-0.05, 0) is 54.7 Å². The molecule has 1 aromatic carbocycles. The minimum Gasteiger partial charge on any atom is -0.378 e. The Labute approximate surface area is 188 Å². The third-order valence-corrected chi connectivity index (χ3v) is 7.79. The lowest BCUT2D eigenvalue weighted by molar-refractivity contribution is 0.0303. The zero-order valence-corrected chi connectivity index (χ0v) is 19.7. The summed E-state index contributed by atoms with van der Waals surface area (Å²) in [6.07, 6.45) is 2.92. The van der Waals surface area contributed by atoms with Crippen LogP contribution in [0.5, 0.6) is 0 Å². The Balaban J connectivity index is 1.69. The van der Waals surface area contributed by atoms with Crippen LogP contribution in [0.3, 0.4) is 0 Å². The smallest absolute Gasteiger partial charge is 0.257 e. The topological polar surface area (TPSA) is 58.6 Å². The van der Waals surface area contributed by atoms with E-state index in [9.17, 15) is 9.59 Å². The van der Waals surface area contributed by atoms with E-state index in [1.807, 2.05) is 36.1 Å². The number of morpholine rings is 1. The van der Waals surface area contributed by atoms with Crippen LogP contribution in [0.25, 0.3) is 0 Å². The van der Waals surface area contributed by atoms with E-state index in [1.54, 1.807) is 11.3 Å². The zero-order valence-electron chi connectivity index (χ0n) is 18.9. The monoisotopic (exact) mass is 440 g/mol. The molecule has 0 spiro atoms. The van der Waals surface area contributed by atoms with E-state index in [1.165, 1.54) is 4.88 Å². The number of fused-ring (bicyclic) bond motifs is 1. The van der Waals surface area contributed by atoms with Gasteiger partial charge in [0, 0.05) is 23.5 Å². The summed E-state index contributed by atoms with van der Waals surface area (Å²) < 4.78 is 5.44. The van der Waals surface area contributed by atoms with Crippen LogP contribution < -0.4 is 5.32 Å². The SMILES string of the molecule is Cc1ccccc1C(=O)Nc1sc2c(c1C(=O)N1CCOCC1)CC[C@H](C(C)(C)C)C2. The van der Waals surface area contributed by atoms with E-state index in [0.717, 1.165) is 30.4 Å². The second kappa shape index (κ2) is 8.75. The number of rotatable bonds is 3. The van der Waals surface area contributed by atoms with Gasteiger partial charge >= 0.3 is 0 Å². The quantitative estimate of drug-likeness (QED) is 0.736. The maximum absolute atomic E-state index is 13.5. The number of ether oxygens (including phenoxy) is 1. The number of nitrogens with one attached hydrogen (secondary N) is 1. The zero-order chi connectivity index (χ0) is 22.2. The van der Waals surface area contributed by atoms with E-state index in [-0.39, 0.29) is 17.2 Å². The van der Waals surface area contributed by atoms with Gasteiger partial charge in [0.15, 0.2) is 0 Å². The van der Waals surface area contributed by atoms with Crippen molar-refractivity contribution in [1.82, 2.24) is 4.90 Å². The number of nitrogens with zero attached hydrogens (tertiary/aromatic N) is 1. The molecule has 166 valence electrons. The van der Waals surface area contributed by atoms with Gasteiger partial charge in [0.05, 0.1) is 18.8 Å². The number of anilines is 1. The summed E-state index contributed by atoms with van der Waals surface area (Å²) in [7, 11) is 0. The van der Waals surface area contributed by atoms with Crippen molar-refractivity contribution < 1.29 is 14.3 Å². The molecule has 0 unspecified atom stereocenters. The highest BCUT2D eigenvalue weighted by molar-refractivity contribution is 7.17. The second-order valence-corrected chi connectivity index (χ2v) is 10.8. The second-order valence-electron chi connectivity index (χ2n) is 9.69. The first-order valence-corrected chi connectivity index (χ1v) is 12.0. The van der Waals surface area contributed by atoms with Gasteiger partial charge in [0.25, 0.3) is 11.8 Å². The van der Waals surface area contributed by atoms with E-state index < -0.39 is 0 Å². The Bertz CT molecular complexity index is 983. The van der Waals surface area contributed by atoms with Gasteiger partial charge in [-0.15, -0.1) is 11.3 Å². The Kier molecular flexibility index (Phi) is 6.22. The van der Waals surface area contributed by atoms with Crippen molar-refractivity contribution in [2.45, 2.75) is 47.0 Å². The van der Waals surface area contributed by atoms with Gasteiger partial charge in [-0.1, -0.05) is 39.0 Å². The first kappa shape index (κ1) is 22.0. The Morgan fingerprint density at radius 2 is 1.87 bits per heavy atom. The van der Waals surface area contributed by atoms with Crippen LogP contribution in [0.4, 0.5) is 5.00 Å². The lowest BCUT2D eigenvalue weighted by atomic mass is 9.72. The summed E-state index contributed by atoms with van der Waals surface area (Å²) in [5.74, 6) is 0.445. The molecule has 1 saturated heterocycles. The Morgan fingerprint density at radius 3 is 2.55 bits per heavy atom. The number of amides is 2. The largest absolute Gasteiger partial charge is 0.378 e. The number of carbonyl (C=O) groups is 2. The van der Waals surface area contributed by atoms with Crippen molar-refractivity contribution in [3.05, 3.63) is 51.4 Å². The maximum atomic E-state index is 13.5. The van der Waals surface area contributed by atoms with Crippen molar-refractivity contribution in [1.29, 1.82) is 0 Å². The lowest BCUT2D eigenvalue weighted by Crippen LogP contribution is -2.41. The van der Waals surface area contributed by atoms with Gasteiger partial charge in [-0.25, -0.2) is 0 Å². The standard InChI is InChI=1S/C25H32N2O3S/c1-16-7-5-6-8-18(16)22(28)26-23-21(24(29)27-11-13-30-14-12-27)19-10-9-17(25(2,3)4)15-20(19)31-23/h5-8,17H,9-15H2,1-4H3,(H,26,28)/t17-/m0/s1. The van der Waals surface area contributed by atoms with E-state index in [2.05, 4.69) is 26.1 Å². The summed E-state index contributed by atoms with van der Waals surface area (Å²) in [5.41, 5.74) is 3.64. The van der Waals surface area contributed by atoms with Gasteiger partial charge in [0.2, 0.25) is 0 Å². The van der Waals surface area contributed by atoms with Crippen LogP contribution in [-0.2, 0) is 17.6 Å². The highest BCUT2D eigenvalue weighted by Crippen LogP contribution is 2.44. The molecule has 2 heterocycles. The van der Waals surface area contributed by atoms with E-state index in [4.69, 9.17) is 4.74 Å². The molecule has 2 amide bonds. The van der Waals surface area contributed by atoms with E-state index in [0.29, 0.717) is 48.3 Å². The number of carbonyl (C=O) groups excluding carboxylic acids is 2. The van der Waals surface area contributed by atoms with Crippen LogP contribution in [-0.4, -0.2) is 43.0 Å². The molecule has 6 heteroatoms. The Morgan fingerprint density at radius 1 is 1.16 bits per heavy atom. The molecule has 0 bridgehead atoms. The third kappa shape index (κ3) is 4.55. The van der Waals surface area contributed by atoms with Gasteiger partial charge in [-0.3, -0.25) is 9.59 Å². The number of hydrogen-bond acceptors (Lipinski definition) is 4. The van der Waals surface area contributed by atoms with Crippen LogP contribution in [0.2, 0.25) is 0 Å². The van der Waals surface area contributed by atoms with Crippen LogP contribution in [0.15, 0.2) is 24.3 Å². The molecule has 1 atom stereocenters.